The predicted molar refractivity (Wildman–Crippen MR) is 90.0 cm³/mol. The highest BCUT2D eigenvalue weighted by molar-refractivity contribution is 7.92. The fourth-order valence-electron chi connectivity index (χ4n) is 2.30. The van der Waals surface area contributed by atoms with Gasteiger partial charge in [0.15, 0.2) is 9.84 Å². The van der Waals surface area contributed by atoms with Gasteiger partial charge in [-0.1, -0.05) is 18.2 Å². The number of nitrogens with zero attached hydrogens (tertiary/aromatic N) is 2. The number of aryl methyl sites for hydroxylation is 2. The van der Waals surface area contributed by atoms with Gasteiger partial charge >= 0.3 is 0 Å². The van der Waals surface area contributed by atoms with E-state index < -0.39 is 15.1 Å². The molecule has 0 radical (unpaired) electrons. The molecule has 0 aliphatic carbocycles. The number of rotatable bonds is 5. The summed E-state index contributed by atoms with van der Waals surface area (Å²) >= 11 is 0. The zero-order chi connectivity index (χ0) is 17.0. The summed E-state index contributed by atoms with van der Waals surface area (Å²) in [6.07, 6.45) is 0. The Kier molecular flexibility index (Phi) is 5.02. The summed E-state index contributed by atoms with van der Waals surface area (Å²) in [7, 11) is -3.42. The average molecular weight is 329 g/mol. The number of nitrogens with one attached hydrogen (secondary N) is 1. The standard InChI is InChI=1S/C17H19N3O2S/c1-12-9-13(2)20-17(16(12)10-18)19-11-14(3)23(21,22)15-7-5-4-6-8-15/h4-9,14H,11H2,1-3H3,(H,19,20). The van der Waals surface area contributed by atoms with Crippen molar-refractivity contribution in [3.63, 3.8) is 0 Å². The number of benzene rings is 1. The van der Waals surface area contributed by atoms with Gasteiger partial charge in [0.1, 0.15) is 11.9 Å². The largest absolute Gasteiger partial charge is 0.368 e. The van der Waals surface area contributed by atoms with Crippen molar-refractivity contribution in [1.82, 2.24) is 4.98 Å². The maximum absolute atomic E-state index is 12.5. The van der Waals surface area contributed by atoms with Crippen LogP contribution in [0.2, 0.25) is 0 Å². The van der Waals surface area contributed by atoms with Crippen molar-refractivity contribution < 1.29 is 8.42 Å². The first-order valence-corrected chi connectivity index (χ1v) is 8.82. The lowest BCUT2D eigenvalue weighted by molar-refractivity contribution is 0.585. The minimum absolute atomic E-state index is 0.182. The Bertz CT molecular complexity index is 840. The molecule has 5 nitrogen and oxygen atoms in total. The normalized spacial score (nSPS) is 12.4. The van der Waals surface area contributed by atoms with Crippen LogP contribution < -0.4 is 5.32 Å². The van der Waals surface area contributed by atoms with Crippen LogP contribution in [-0.4, -0.2) is 25.2 Å². The van der Waals surface area contributed by atoms with E-state index in [4.69, 9.17) is 0 Å². The molecule has 1 N–H and O–H groups in total. The first-order valence-electron chi connectivity index (χ1n) is 7.27. The Morgan fingerprint density at radius 1 is 1.26 bits per heavy atom. The summed E-state index contributed by atoms with van der Waals surface area (Å²) in [6.45, 7) is 5.50. The van der Waals surface area contributed by atoms with Crippen molar-refractivity contribution in [3.05, 3.63) is 53.2 Å². The van der Waals surface area contributed by atoms with Gasteiger partial charge in [0.25, 0.3) is 0 Å². The van der Waals surface area contributed by atoms with Crippen LogP contribution in [0.5, 0.6) is 0 Å². The highest BCUT2D eigenvalue weighted by Crippen LogP contribution is 2.20. The molecule has 2 aromatic rings. The van der Waals surface area contributed by atoms with Gasteiger partial charge in [0, 0.05) is 12.2 Å². The molecule has 0 aliphatic rings. The molecule has 120 valence electrons. The van der Waals surface area contributed by atoms with Gasteiger partial charge in [0.2, 0.25) is 0 Å². The van der Waals surface area contributed by atoms with Crippen LogP contribution in [0, 0.1) is 25.2 Å². The highest BCUT2D eigenvalue weighted by atomic mass is 32.2. The first kappa shape index (κ1) is 17.0. The van der Waals surface area contributed by atoms with E-state index in [0.717, 1.165) is 11.3 Å². The number of nitriles is 1. The molecule has 0 fully saturated rings. The van der Waals surface area contributed by atoms with Crippen LogP contribution in [0.15, 0.2) is 41.3 Å². The molecule has 1 atom stereocenters. The van der Waals surface area contributed by atoms with Gasteiger partial charge in [-0.05, 0) is 44.5 Å². The number of anilines is 1. The Labute approximate surface area is 136 Å². The zero-order valence-corrected chi connectivity index (χ0v) is 14.2. The van der Waals surface area contributed by atoms with Crippen LogP contribution in [0.1, 0.15) is 23.7 Å². The molecule has 0 amide bonds. The molecule has 0 bridgehead atoms. The summed E-state index contributed by atoms with van der Waals surface area (Å²) in [6, 6.07) is 12.3. The van der Waals surface area contributed by atoms with E-state index in [1.165, 1.54) is 0 Å². The Hall–Kier alpha value is -2.39. The first-order chi connectivity index (χ1) is 10.9. The lowest BCUT2D eigenvalue weighted by Crippen LogP contribution is -2.27. The summed E-state index contributed by atoms with van der Waals surface area (Å²) in [5, 5.41) is 11.6. The van der Waals surface area contributed by atoms with Crippen molar-refractivity contribution in [2.45, 2.75) is 30.9 Å². The molecule has 2 rings (SSSR count). The van der Waals surface area contributed by atoms with Crippen LogP contribution >= 0.6 is 0 Å². The van der Waals surface area contributed by atoms with Crippen LogP contribution in [0.4, 0.5) is 5.82 Å². The van der Waals surface area contributed by atoms with Crippen molar-refractivity contribution in [2.24, 2.45) is 0 Å². The number of hydrogen-bond acceptors (Lipinski definition) is 5. The van der Waals surface area contributed by atoms with Crippen molar-refractivity contribution in [3.8, 4) is 6.07 Å². The maximum Gasteiger partial charge on any atom is 0.182 e. The Morgan fingerprint density at radius 3 is 2.52 bits per heavy atom. The smallest absolute Gasteiger partial charge is 0.182 e. The van der Waals surface area contributed by atoms with Gasteiger partial charge in [-0.3, -0.25) is 0 Å². The molecule has 0 saturated carbocycles. The lowest BCUT2D eigenvalue weighted by atomic mass is 10.1. The summed E-state index contributed by atoms with van der Waals surface area (Å²) in [4.78, 5) is 4.60. The molecular formula is C17H19N3O2S. The number of sulfone groups is 1. The van der Waals surface area contributed by atoms with Crippen LogP contribution in [0.3, 0.4) is 0 Å². The second-order valence-corrected chi connectivity index (χ2v) is 7.83. The Balaban J connectivity index is 2.20. The molecule has 1 heterocycles. The SMILES string of the molecule is Cc1cc(C)c(C#N)c(NCC(C)S(=O)(=O)c2ccccc2)n1. The third kappa shape index (κ3) is 3.69. The topological polar surface area (TPSA) is 82.9 Å². The fraction of sp³-hybridized carbons (Fsp3) is 0.294. The third-order valence-electron chi connectivity index (χ3n) is 3.61. The van der Waals surface area contributed by atoms with Crippen molar-refractivity contribution in [1.29, 1.82) is 5.26 Å². The molecule has 23 heavy (non-hydrogen) atoms. The molecule has 6 heteroatoms. The van der Waals surface area contributed by atoms with Gasteiger partial charge < -0.3 is 5.32 Å². The molecule has 1 unspecified atom stereocenters. The quantitative estimate of drug-likeness (QED) is 0.912. The third-order valence-corrected chi connectivity index (χ3v) is 5.77. The second kappa shape index (κ2) is 6.80. The summed E-state index contributed by atoms with van der Waals surface area (Å²) < 4.78 is 25.0. The molecule has 1 aromatic carbocycles. The minimum Gasteiger partial charge on any atom is -0.368 e. The molecule has 1 aromatic heterocycles. The summed E-state index contributed by atoms with van der Waals surface area (Å²) in [5.74, 6) is 0.431. The van der Waals surface area contributed by atoms with Gasteiger partial charge in [0.05, 0.1) is 15.7 Å². The number of hydrogen-bond donors (Lipinski definition) is 1. The molecule has 0 spiro atoms. The average Bonchev–Trinajstić information content (AvgIpc) is 2.52. The number of aromatic nitrogens is 1. The molecule has 0 aliphatic heterocycles. The van der Waals surface area contributed by atoms with E-state index in [1.807, 2.05) is 19.9 Å². The highest BCUT2D eigenvalue weighted by Gasteiger charge is 2.23. The van der Waals surface area contributed by atoms with Gasteiger partial charge in [-0.25, -0.2) is 13.4 Å². The van der Waals surface area contributed by atoms with E-state index in [-0.39, 0.29) is 6.54 Å². The fourth-order valence-corrected chi connectivity index (χ4v) is 3.60. The Morgan fingerprint density at radius 2 is 1.91 bits per heavy atom. The maximum atomic E-state index is 12.5. The lowest BCUT2D eigenvalue weighted by Gasteiger charge is -2.16. The molecule has 0 saturated heterocycles. The minimum atomic E-state index is -3.42. The predicted octanol–water partition coefficient (Wildman–Crippen LogP) is 2.84. The van der Waals surface area contributed by atoms with Crippen molar-refractivity contribution in [2.75, 3.05) is 11.9 Å². The van der Waals surface area contributed by atoms with E-state index in [0.29, 0.717) is 16.3 Å². The summed E-state index contributed by atoms with van der Waals surface area (Å²) in [5.41, 5.74) is 2.04. The van der Waals surface area contributed by atoms with Crippen LogP contribution in [0.25, 0.3) is 0 Å². The second-order valence-electron chi connectivity index (χ2n) is 5.47. The number of pyridine rings is 1. The van der Waals surface area contributed by atoms with Gasteiger partial charge in [-0.15, -0.1) is 0 Å². The van der Waals surface area contributed by atoms with Gasteiger partial charge in [-0.2, -0.15) is 5.26 Å². The zero-order valence-electron chi connectivity index (χ0n) is 13.4. The van der Waals surface area contributed by atoms with E-state index in [1.54, 1.807) is 37.3 Å². The van der Waals surface area contributed by atoms with Crippen molar-refractivity contribution >= 4 is 15.7 Å². The molecular weight excluding hydrogens is 310 g/mol. The van der Waals surface area contributed by atoms with Crippen LogP contribution in [-0.2, 0) is 9.84 Å². The monoisotopic (exact) mass is 329 g/mol. The van der Waals surface area contributed by atoms with E-state index in [9.17, 15) is 13.7 Å². The van der Waals surface area contributed by atoms with E-state index in [2.05, 4.69) is 16.4 Å². The van der Waals surface area contributed by atoms with E-state index >= 15 is 0 Å².